The Bertz CT molecular complexity index is 5210. The number of aliphatic hydroxyl groups is 2. The van der Waals surface area contributed by atoms with Crippen molar-refractivity contribution in [3.8, 4) is 11.5 Å². The number of phenolic OH excluding ortho intramolecular Hbond substituents is 2. The molecule has 0 aliphatic carbocycles. The van der Waals surface area contributed by atoms with E-state index in [2.05, 4.69) is 103 Å². The number of phenols is 2. The lowest BCUT2D eigenvalue weighted by Crippen LogP contribution is -2.62. The number of benzene rings is 2. The second-order valence-corrected chi connectivity index (χ2v) is 36.4. The first-order valence-electron chi connectivity index (χ1n) is 46.8. The molecule has 2 aromatic rings. The first kappa shape index (κ1) is 130. The van der Waals surface area contributed by atoms with Gasteiger partial charge < -0.3 is 171 Å². The summed E-state index contributed by atoms with van der Waals surface area (Å²) in [6.07, 6.45) is -12.8. The van der Waals surface area contributed by atoms with Crippen molar-refractivity contribution in [2.75, 3.05) is 5.75 Å². The topological polar surface area (TPSA) is 981 Å². The van der Waals surface area contributed by atoms with E-state index in [0.29, 0.717) is 0 Å². The number of thiol groups is 1. The van der Waals surface area contributed by atoms with Crippen LogP contribution in [0.2, 0.25) is 0 Å². The van der Waals surface area contributed by atoms with Gasteiger partial charge in [0.1, 0.15) is 120 Å². The van der Waals surface area contributed by atoms with E-state index in [1.807, 2.05) is 10.6 Å². The highest BCUT2D eigenvalue weighted by atomic mass is 32.1. The van der Waals surface area contributed by atoms with E-state index in [-0.39, 0.29) is 29.0 Å². The molecule has 0 radical (unpaired) electrons. The maximum atomic E-state index is 14.8. The molecule has 832 valence electrons. The van der Waals surface area contributed by atoms with E-state index < -0.39 is 387 Å². The highest BCUT2D eigenvalue weighted by Gasteiger charge is 2.43. The lowest BCUT2D eigenvalue weighted by molar-refractivity contribution is -0.146. The Hall–Kier alpha value is -16.0. The second-order valence-electron chi connectivity index (χ2n) is 36.0. The first-order chi connectivity index (χ1) is 69.7. The summed E-state index contributed by atoms with van der Waals surface area (Å²) < 4.78 is 0. The molecule has 0 aliphatic rings. The highest BCUT2D eigenvalue weighted by Crippen LogP contribution is 2.19. The highest BCUT2D eigenvalue weighted by molar-refractivity contribution is 7.80. The Morgan fingerprint density at radius 2 is 0.507 bits per heavy atom. The number of aliphatic carboxylic acids is 4. The van der Waals surface area contributed by atoms with Crippen LogP contribution in [0.4, 0.5) is 0 Å². The Labute approximate surface area is 863 Å². The van der Waals surface area contributed by atoms with Gasteiger partial charge in [0, 0.05) is 31.4 Å². The summed E-state index contributed by atoms with van der Waals surface area (Å²) in [6, 6.07) is -25.9. The molecule has 150 heavy (non-hydrogen) atoms. The molecule has 23 atom stereocenters. The van der Waals surface area contributed by atoms with Crippen molar-refractivity contribution in [3.05, 3.63) is 59.7 Å². The van der Waals surface area contributed by atoms with Crippen molar-refractivity contribution in [2.45, 2.75) is 300 Å². The molecule has 0 fully saturated rings. The van der Waals surface area contributed by atoms with Gasteiger partial charge in [-0.1, -0.05) is 72.2 Å². The van der Waals surface area contributed by atoms with Gasteiger partial charge in [0.05, 0.1) is 50.4 Å². The summed E-state index contributed by atoms with van der Waals surface area (Å²) in [5, 5.41) is 122. The van der Waals surface area contributed by atoms with Crippen LogP contribution in [0.1, 0.15) is 165 Å². The van der Waals surface area contributed by atoms with Crippen LogP contribution in [-0.2, 0) is 142 Å². The molecule has 0 aromatic heterocycles. The predicted octanol–water partition coefficient (Wildman–Crippen LogP) is -12.6. The van der Waals surface area contributed by atoms with Gasteiger partial charge >= 0.3 is 23.9 Å². The number of amides is 23. The van der Waals surface area contributed by atoms with Crippen molar-refractivity contribution in [2.24, 2.45) is 46.4 Å². The molecule has 0 saturated heterocycles. The summed E-state index contributed by atoms with van der Waals surface area (Å²) in [5.74, 6) is -38.6. The van der Waals surface area contributed by atoms with Gasteiger partial charge in [0.25, 0.3) is 0 Å². The molecule has 0 aliphatic heterocycles. The number of aliphatic hydroxyl groups excluding tert-OH is 2. The predicted molar refractivity (Wildman–Crippen MR) is 522 cm³/mol. The van der Waals surface area contributed by atoms with E-state index in [1.54, 1.807) is 6.92 Å². The van der Waals surface area contributed by atoms with Crippen molar-refractivity contribution >= 4 is 172 Å². The lowest BCUT2D eigenvalue weighted by atomic mass is 9.95. The van der Waals surface area contributed by atoms with E-state index in [0.717, 1.165) is 41.5 Å². The van der Waals surface area contributed by atoms with Gasteiger partial charge in [0.15, 0.2) is 6.04 Å². The quantitative estimate of drug-likeness (QED) is 0.0274. The maximum absolute atomic E-state index is 14.8. The van der Waals surface area contributed by atoms with E-state index >= 15 is 0 Å². The zero-order valence-corrected chi connectivity index (χ0v) is 85.1. The van der Waals surface area contributed by atoms with E-state index in [9.17, 15) is 170 Å². The number of hydrogen-bond donors (Lipinski definition) is 33. The number of carboxylic acids is 4. The number of hydrogen-bond acceptors (Lipinski definition) is 33. The summed E-state index contributed by atoms with van der Waals surface area (Å²) in [4.78, 5) is 361. The molecule has 0 unspecified atom stereocenters. The van der Waals surface area contributed by atoms with Crippen molar-refractivity contribution in [1.29, 1.82) is 0 Å². The molecule has 60 heteroatoms. The zero-order valence-electron chi connectivity index (χ0n) is 84.2. The molecule has 2 rings (SSSR count). The van der Waals surface area contributed by atoms with E-state index in [1.165, 1.54) is 90.1 Å². The molecule has 2 aromatic carbocycles. The third kappa shape index (κ3) is 45.9. The molecular formula is C90H136N24O35S. The van der Waals surface area contributed by atoms with Gasteiger partial charge in [-0.2, -0.15) is 12.6 Å². The fourth-order valence-corrected chi connectivity index (χ4v) is 13.9. The van der Waals surface area contributed by atoms with Gasteiger partial charge in [-0.05, 0) is 114 Å². The van der Waals surface area contributed by atoms with Crippen LogP contribution in [0.15, 0.2) is 48.5 Å². The molecule has 37 N–H and O–H groups in total. The molecular weight excluding hydrogens is 2010 g/mol. The van der Waals surface area contributed by atoms with Crippen LogP contribution < -0.4 is 130 Å². The molecule has 0 spiro atoms. The zero-order chi connectivity index (χ0) is 115. The van der Waals surface area contributed by atoms with Gasteiger partial charge in [-0.25, -0.2) is 4.79 Å². The van der Waals surface area contributed by atoms with Crippen LogP contribution in [0.3, 0.4) is 0 Å². The number of carbonyl (C=O) groups excluding carboxylic acids is 23. The van der Waals surface area contributed by atoms with Crippen LogP contribution in [-0.4, -0.2) is 339 Å². The molecule has 59 nitrogen and oxygen atoms in total. The van der Waals surface area contributed by atoms with Crippen LogP contribution >= 0.6 is 12.6 Å². The van der Waals surface area contributed by atoms with Gasteiger partial charge in [-0.3, -0.25) is 125 Å². The van der Waals surface area contributed by atoms with Crippen molar-refractivity contribution < 1.29 is 170 Å². The third-order valence-corrected chi connectivity index (χ3v) is 22.8. The summed E-state index contributed by atoms with van der Waals surface area (Å²) in [5.41, 5.74) is 27.6. The molecule has 23 amide bonds. The fourth-order valence-electron chi connectivity index (χ4n) is 13.6. The minimum absolute atomic E-state index is 0.105. The summed E-state index contributed by atoms with van der Waals surface area (Å²) >= 11 is 4.23. The minimum atomic E-state index is -2.18. The lowest BCUT2D eigenvalue weighted by Gasteiger charge is -2.30. The van der Waals surface area contributed by atoms with Crippen LogP contribution in [0.5, 0.6) is 11.5 Å². The summed E-state index contributed by atoms with van der Waals surface area (Å²) in [7, 11) is 0. The van der Waals surface area contributed by atoms with Crippen LogP contribution in [0, 0.1) is 17.8 Å². The Balaban J connectivity index is 2.47. The fraction of sp³-hybridized carbons (Fsp3) is 0.567. The number of carbonyl (C=O) groups is 27. The molecule has 0 bridgehead atoms. The average molecular weight is 2150 g/mol. The monoisotopic (exact) mass is 2140 g/mol. The number of nitrogens with two attached hydrogens (primary N) is 5. The number of carboxylic acid groups (broad SMARTS) is 4. The van der Waals surface area contributed by atoms with Crippen LogP contribution in [0.25, 0.3) is 0 Å². The standard InChI is InChI=1S/C90H136N24O35S/c1-14-37(6)68(88(146)107-54(30-62(95)122)83(141)111-66(35(2)3)86(144)108-57(33-65(127)128)82(140)104-53(29-61(94)121)84(142)114-70(44(13)116)90(148)149)112-87(145)67(36(4)5)110-74(132)41(10)96-72(130)40(9)99-79(137)56(32-64(125)126)105-77(135)50(24-26-60(93)120)100-76(134)49(23-25-59(92)119)101-85(143)58(34-150)109-81(139)51(27-45-15-19-47(117)20-16-45)103-80(138)52(28-46-17-21-48(118)22-18-46)106-89(147)69(43(12)115)113-75(133)42(11)97-73(131)39(8)98-78(136)55(31-63(123)124)102-71(129)38(7)91/h15-22,35-44,49-58,66-70,115-118,150H,14,23-34,91H2,1-13H3,(H2,92,119)(H2,93,120)(H2,94,121)(H2,95,122)(H,96,130)(H,97,131)(H,98,136)(H,99,137)(H,100,134)(H,101,143)(H,102,129)(H,103,138)(H,104,140)(H,105,135)(H,106,147)(H,107,146)(H,108,144)(H,109,139)(H,110,132)(H,111,141)(H,112,145)(H,113,133)(H,114,142)(H,123,124)(H,125,126)(H,127,128)(H,148,149)/t37-,38-,39-,40-,41-,42-,43+,44+,49-,50-,51-,52-,53-,54-,55-,56-,57-,58-,66-,67-,68-,69-,70-/m0/s1. The van der Waals surface area contributed by atoms with Crippen molar-refractivity contribution in [3.63, 3.8) is 0 Å². The smallest absolute Gasteiger partial charge is 0.328 e. The SMILES string of the molecule is CC[C@H](C)[C@H](NC(=O)[C@@H](NC(=O)[C@H](C)NC(=O)[C@H](C)NC(=O)[C@H](CC(=O)O)NC(=O)[C@H](CCC(N)=O)NC(=O)[C@H](CCC(N)=O)NC(=O)[C@H](CS)NC(=O)[C@H](Cc1ccc(O)cc1)NC(=O)[C@H](Cc1ccc(O)cc1)NC(=O)[C@@H](NC(=O)[C@H](C)NC(=O)[C@H](C)NC(=O)[C@H](CC(=O)O)NC(=O)[C@H](C)N)[C@@H](C)O)C(C)C)C(=O)N[C@@H](CC(N)=O)C(=O)N[C@H](C(=O)N[C@@H](CC(=O)O)C(=O)N[C@@H](CC(N)=O)C(=O)N[C@H](C(=O)O)[C@@H](C)O)C(C)C. The Morgan fingerprint density at radius 1 is 0.273 bits per heavy atom. The number of aromatic hydroxyl groups is 2. The van der Waals surface area contributed by atoms with Gasteiger partial charge in [-0.15, -0.1) is 0 Å². The Morgan fingerprint density at radius 3 is 0.820 bits per heavy atom. The summed E-state index contributed by atoms with van der Waals surface area (Å²) in [6.45, 7) is 16.3. The first-order valence-corrected chi connectivity index (χ1v) is 47.4. The Kier molecular flexibility index (Phi) is 54.5. The maximum Gasteiger partial charge on any atom is 0.328 e. The number of rotatable bonds is 66. The molecule has 0 saturated carbocycles. The second kappa shape index (κ2) is 62.8. The number of primary amides is 4. The third-order valence-electron chi connectivity index (χ3n) is 22.4. The number of nitrogens with one attached hydrogen (secondary N) is 19. The van der Waals surface area contributed by atoms with Crippen molar-refractivity contribution in [1.82, 2.24) is 101 Å². The van der Waals surface area contributed by atoms with E-state index in [4.69, 9.17) is 28.7 Å². The normalized spacial score (nSPS) is 15.7. The largest absolute Gasteiger partial charge is 0.508 e. The van der Waals surface area contributed by atoms with Gasteiger partial charge in [0.2, 0.25) is 136 Å². The average Bonchev–Trinajstić information content (AvgIpc) is 0.831. The molecule has 0 heterocycles. The minimum Gasteiger partial charge on any atom is -0.508 e.